The number of Topliss-reactive ketones (excluding diaryl/α,β-unsaturated/α-hetero) is 1. The third-order valence-electron chi connectivity index (χ3n) is 2.69. The smallest absolute Gasteiger partial charge is 0.173 e. The summed E-state index contributed by atoms with van der Waals surface area (Å²) in [6.45, 7) is 3.94. The van der Waals surface area contributed by atoms with Crippen LogP contribution in [0.3, 0.4) is 0 Å². The molecule has 0 bridgehead atoms. The number of benzene rings is 2. The zero-order valence-corrected chi connectivity index (χ0v) is 14.4. The molecule has 21 heavy (non-hydrogen) atoms. The van der Waals surface area contributed by atoms with Gasteiger partial charge in [0.15, 0.2) is 5.78 Å². The SMILES string of the molecule is CC(C)Oc1cccc(C(=O)CSc2cccc(Br)c2)c1. The third kappa shape index (κ3) is 5.21. The number of carbonyl (C=O) groups excluding carboxylic acids is 1. The zero-order chi connectivity index (χ0) is 15.2. The van der Waals surface area contributed by atoms with Gasteiger partial charge in [0.2, 0.25) is 0 Å². The van der Waals surface area contributed by atoms with E-state index < -0.39 is 0 Å². The van der Waals surface area contributed by atoms with Crippen molar-refractivity contribution in [1.29, 1.82) is 0 Å². The van der Waals surface area contributed by atoms with Crippen LogP contribution in [0.1, 0.15) is 24.2 Å². The average molecular weight is 365 g/mol. The summed E-state index contributed by atoms with van der Waals surface area (Å²) in [7, 11) is 0. The fourth-order valence-electron chi connectivity index (χ4n) is 1.80. The Bertz CT molecular complexity index is 626. The number of hydrogen-bond donors (Lipinski definition) is 0. The van der Waals surface area contributed by atoms with Crippen molar-refractivity contribution < 1.29 is 9.53 Å². The van der Waals surface area contributed by atoms with Crippen LogP contribution in [0.2, 0.25) is 0 Å². The van der Waals surface area contributed by atoms with Gasteiger partial charge >= 0.3 is 0 Å². The molecule has 0 fully saturated rings. The molecule has 0 spiro atoms. The van der Waals surface area contributed by atoms with E-state index in [0.717, 1.165) is 15.1 Å². The van der Waals surface area contributed by atoms with Gasteiger partial charge in [-0.3, -0.25) is 4.79 Å². The minimum absolute atomic E-state index is 0.103. The van der Waals surface area contributed by atoms with E-state index in [4.69, 9.17) is 4.74 Å². The van der Waals surface area contributed by atoms with Gasteiger partial charge in [-0.25, -0.2) is 0 Å². The Labute approximate surface area is 138 Å². The van der Waals surface area contributed by atoms with E-state index in [1.54, 1.807) is 0 Å². The first-order valence-corrected chi connectivity index (χ1v) is 8.51. The van der Waals surface area contributed by atoms with Crippen LogP contribution < -0.4 is 4.74 Å². The lowest BCUT2D eigenvalue weighted by Gasteiger charge is -2.10. The Morgan fingerprint density at radius 1 is 1.19 bits per heavy atom. The number of ether oxygens (including phenoxy) is 1. The van der Waals surface area contributed by atoms with Crippen molar-refractivity contribution in [2.24, 2.45) is 0 Å². The molecule has 0 N–H and O–H groups in total. The van der Waals surface area contributed by atoms with Gasteiger partial charge in [-0.15, -0.1) is 11.8 Å². The molecule has 2 aromatic carbocycles. The molecule has 0 aromatic heterocycles. The van der Waals surface area contributed by atoms with E-state index in [-0.39, 0.29) is 11.9 Å². The molecule has 0 atom stereocenters. The lowest BCUT2D eigenvalue weighted by Crippen LogP contribution is -2.07. The zero-order valence-electron chi connectivity index (χ0n) is 12.0. The van der Waals surface area contributed by atoms with E-state index in [1.165, 1.54) is 11.8 Å². The molecular formula is C17H17BrO2S. The van der Waals surface area contributed by atoms with Crippen LogP contribution in [0.25, 0.3) is 0 Å². The van der Waals surface area contributed by atoms with Crippen molar-refractivity contribution >= 4 is 33.5 Å². The van der Waals surface area contributed by atoms with E-state index in [2.05, 4.69) is 15.9 Å². The lowest BCUT2D eigenvalue weighted by atomic mass is 10.1. The molecule has 110 valence electrons. The molecule has 2 nitrogen and oxygen atoms in total. The number of carbonyl (C=O) groups is 1. The normalized spacial score (nSPS) is 10.7. The van der Waals surface area contributed by atoms with Crippen LogP contribution >= 0.6 is 27.7 Å². The highest BCUT2D eigenvalue weighted by Crippen LogP contribution is 2.23. The van der Waals surface area contributed by atoms with E-state index >= 15 is 0 Å². The second-order valence-corrected chi connectivity index (χ2v) is 6.83. The molecule has 2 aromatic rings. The molecule has 4 heteroatoms. The van der Waals surface area contributed by atoms with Crippen LogP contribution in [-0.4, -0.2) is 17.6 Å². The monoisotopic (exact) mass is 364 g/mol. The highest BCUT2D eigenvalue weighted by molar-refractivity contribution is 9.10. The number of rotatable bonds is 6. The first-order valence-electron chi connectivity index (χ1n) is 6.73. The van der Waals surface area contributed by atoms with Gasteiger partial charge in [0.05, 0.1) is 11.9 Å². The van der Waals surface area contributed by atoms with Crippen molar-refractivity contribution in [3.8, 4) is 5.75 Å². The minimum atomic E-state index is 0.103. The molecule has 0 aliphatic carbocycles. The van der Waals surface area contributed by atoms with Crippen molar-refractivity contribution in [1.82, 2.24) is 0 Å². The van der Waals surface area contributed by atoms with Crippen LogP contribution in [0.5, 0.6) is 5.75 Å². The van der Waals surface area contributed by atoms with Gasteiger partial charge in [0, 0.05) is 14.9 Å². The summed E-state index contributed by atoms with van der Waals surface area (Å²) in [4.78, 5) is 13.3. The highest BCUT2D eigenvalue weighted by Gasteiger charge is 2.08. The molecule has 0 amide bonds. The van der Waals surface area contributed by atoms with Gasteiger partial charge in [-0.1, -0.05) is 34.1 Å². The van der Waals surface area contributed by atoms with Crippen molar-refractivity contribution in [3.63, 3.8) is 0 Å². The number of halogens is 1. The largest absolute Gasteiger partial charge is 0.491 e. The van der Waals surface area contributed by atoms with Gasteiger partial charge in [-0.05, 0) is 44.2 Å². The summed E-state index contributed by atoms with van der Waals surface area (Å²) in [5.74, 6) is 1.26. The third-order valence-corrected chi connectivity index (χ3v) is 4.18. The standard InChI is InChI=1S/C17H17BrO2S/c1-12(2)20-15-7-3-5-13(9-15)17(19)11-21-16-8-4-6-14(18)10-16/h3-10,12H,11H2,1-2H3. The predicted octanol–water partition coefficient (Wildman–Crippen LogP) is 5.21. The summed E-state index contributed by atoms with van der Waals surface area (Å²) in [5.41, 5.74) is 0.690. The van der Waals surface area contributed by atoms with Crippen molar-refractivity contribution in [3.05, 3.63) is 58.6 Å². The molecule has 0 saturated heterocycles. The summed E-state index contributed by atoms with van der Waals surface area (Å²) in [6, 6.07) is 15.3. The Kier molecular flexibility index (Phi) is 5.88. The first kappa shape index (κ1) is 16.1. The average Bonchev–Trinajstić information content (AvgIpc) is 2.44. The summed E-state index contributed by atoms with van der Waals surface area (Å²) in [6.07, 6.45) is 0.103. The number of thioether (sulfide) groups is 1. The van der Waals surface area contributed by atoms with Gasteiger partial charge in [-0.2, -0.15) is 0 Å². The minimum Gasteiger partial charge on any atom is -0.491 e. The quantitative estimate of drug-likeness (QED) is 0.519. The molecular weight excluding hydrogens is 348 g/mol. The second-order valence-electron chi connectivity index (χ2n) is 4.86. The van der Waals surface area contributed by atoms with Crippen LogP contribution in [0.15, 0.2) is 57.9 Å². The molecule has 0 radical (unpaired) electrons. The maximum atomic E-state index is 12.3. The summed E-state index contributed by atoms with van der Waals surface area (Å²) < 4.78 is 6.64. The van der Waals surface area contributed by atoms with Gasteiger partial charge in [0.1, 0.15) is 5.75 Å². The molecule has 0 saturated carbocycles. The molecule has 0 unspecified atom stereocenters. The first-order chi connectivity index (χ1) is 10.0. The lowest BCUT2D eigenvalue weighted by molar-refractivity contribution is 0.102. The molecule has 0 aliphatic rings. The predicted molar refractivity (Wildman–Crippen MR) is 91.4 cm³/mol. The van der Waals surface area contributed by atoms with E-state index in [1.807, 2.05) is 62.4 Å². The van der Waals surface area contributed by atoms with Crippen LogP contribution in [-0.2, 0) is 0 Å². The Morgan fingerprint density at radius 3 is 2.67 bits per heavy atom. The second kappa shape index (κ2) is 7.66. The molecule has 2 rings (SSSR count). The van der Waals surface area contributed by atoms with Crippen molar-refractivity contribution in [2.75, 3.05) is 5.75 Å². The van der Waals surface area contributed by atoms with Gasteiger partial charge < -0.3 is 4.74 Å². The number of ketones is 1. The maximum absolute atomic E-state index is 12.3. The number of hydrogen-bond acceptors (Lipinski definition) is 3. The fourth-order valence-corrected chi connectivity index (χ4v) is 3.20. The van der Waals surface area contributed by atoms with E-state index in [9.17, 15) is 4.79 Å². The molecule has 0 aliphatic heterocycles. The Balaban J connectivity index is 2.00. The van der Waals surface area contributed by atoms with Crippen LogP contribution in [0.4, 0.5) is 0 Å². The highest BCUT2D eigenvalue weighted by atomic mass is 79.9. The summed E-state index contributed by atoms with van der Waals surface area (Å²) in [5, 5.41) is 0. The summed E-state index contributed by atoms with van der Waals surface area (Å²) >= 11 is 4.97. The van der Waals surface area contributed by atoms with Gasteiger partial charge in [0.25, 0.3) is 0 Å². The Hall–Kier alpha value is -1.26. The van der Waals surface area contributed by atoms with Crippen LogP contribution in [0, 0.1) is 0 Å². The Morgan fingerprint density at radius 2 is 1.95 bits per heavy atom. The van der Waals surface area contributed by atoms with E-state index in [0.29, 0.717) is 11.3 Å². The van der Waals surface area contributed by atoms with Crippen molar-refractivity contribution in [2.45, 2.75) is 24.8 Å². The maximum Gasteiger partial charge on any atom is 0.173 e. The fraction of sp³-hybridized carbons (Fsp3) is 0.235. The molecule has 0 heterocycles. The topological polar surface area (TPSA) is 26.3 Å².